The first-order chi connectivity index (χ1) is 14.9. The van der Waals surface area contributed by atoms with Crippen molar-refractivity contribution in [1.82, 2.24) is 16.0 Å². The van der Waals surface area contributed by atoms with E-state index in [0.717, 1.165) is 0 Å². The van der Waals surface area contributed by atoms with Crippen LogP contribution in [0.2, 0.25) is 0 Å². The molecule has 13 nitrogen and oxygen atoms in total. The average Bonchev–Trinajstić information content (AvgIpc) is 2.70. The Labute approximate surface area is 189 Å². The highest BCUT2D eigenvalue weighted by Gasteiger charge is 2.29. The number of carboxylic acid groups (broad SMARTS) is 2. The lowest BCUT2D eigenvalue weighted by Crippen LogP contribution is -2.56. The van der Waals surface area contributed by atoms with Crippen molar-refractivity contribution in [2.45, 2.75) is 63.2 Å². The Morgan fingerprint density at radius 2 is 1.41 bits per heavy atom. The number of rotatable bonds is 16. The largest absolute Gasteiger partial charge is 0.481 e. The number of aliphatic carboxylic acids is 2. The molecule has 0 aromatic carbocycles. The van der Waals surface area contributed by atoms with Crippen LogP contribution in [0.1, 0.15) is 39.0 Å². The number of carbonyl (C=O) groups excluding carboxylic acids is 4. The molecule has 0 aliphatic rings. The highest BCUT2D eigenvalue weighted by molar-refractivity contribution is 7.98. The topological polar surface area (TPSA) is 231 Å². The van der Waals surface area contributed by atoms with E-state index in [9.17, 15) is 33.9 Å². The Balaban J connectivity index is 5.15. The smallest absolute Gasteiger partial charge is 0.326 e. The number of hydrogen-bond acceptors (Lipinski definition) is 8. The van der Waals surface area contributed by atoms with Gasteiger partial charge in [-0.3, -0.25) is 24.0 Å². The number of nitrogens with one attached hydrogen (secondary N) is 3. The van der Waals surface area contributed by atoms with Crippen molar-refractivity contribution < 1.29 is 39.0 Å². The first-order valence-electron chi connectivity index (χ1n) is 9.77. The molecule has 32 heavy (non-hydrogen) atoms. The summed E-state index contributed by atoms with van der Waals surface area (Å²) in [5, 5.41) is 25.0. The Morgan fingerprint density at radius 1 is 0.844 bits per heavy atom. The average molecular weight is 478 g/mol. The summed E-state index contributed by atoms with van der Waals surface area (Å²) in [5.74, 6) is -5.08. The number of amides is 4. The molecule has 0 spiro atoms. The van der Waals surface area contributed by atoms with Crippen LogP contribution in [0.5, 0.6) is 0 Å². The van der Waals surface area contributed by atoms with Crippen LogP contribution in [0, 0.1) is 0 Å². The molecule has 4 atom stereocenters. The lowest BCUT2D eigenvalue weighted by atomic mass is 10.1. The zero-order valence-corrected chi connectivity index (χ0v) is 18.8. The predicted octanol–water partition coefficient (Wildman–Crippen LogP) is -2.24. The van der Waals surface area contributed by atoms with Crippen LogP contribution in [0.15, 0.2) is 0 Å². The van der Waals surface area contributed by atoms with Gasteiger partial charge in [0.05, 0.1) is 6.04 Å². The van der Waals surface area contributed by atoms with Crippen LogP contribution in [-0.4, -0.2) is 82.0 Å². The van der Waals surface area contributed by atoms with Crippen LogP contribution in [0.3, 0.4) is 0 Å². The molecule has 0 radical (unpaired) electrons. The molecule has 0 saturated heterocycles. The third-order valence-electron chi connectivity index (χ3n) is 4.30. The molecule has 0 saturated carbocycles. The third kappa shape index (κ3) is 12.1. The van der Waals surface area contributed by atoms with Crippen molar-refractivity contribution >= 4 is 47.3 Å². The zero-order chi connectivity index (χ0) is 24.8. The summed E-state index contributed by atoms with van der Waals surface area (Å²) in [7, 11) is 0. The van der Waals surface area contributed by atoms with Crippen molar-refractivity contribution in [2.75, 3.05) is 12.0 Å². The number of carboxylic acids is 2. The number of carbonyl (C=O) groups is 6. The maximum atomic E-state index is 12.5. The van der Waals surface area contributed by atoms with Crippen molar-refractivity contribution in [2.24, 2.45) is 11.5 Å². The lowest BCUT2D eigenvalue weighted by molar-refractivity contribution is -0.143. The molecular weight excluding hydrogens is 446 g/mol. The summed E-state index contributed by atoms with van der Waals surface area (Å²) in [6.07, 6.45) is 0.846. The van der Waals surface area contributed by atoms with Crippen LogP contribution in [0.25, 0.3) is 0 Å². The van der Waals surface area contributed by atoms with Crippen molar-refractivity contribution in [3.8, 4) is 0 Å². The summed E-state index contributed by atoms with van der Waals surface area (Å²) in [4.78, 5) is 70.1. The van der Waals surface area contributed by atoms with Gasteiger partial charge in [0, 0.05) is 12.8 Å². The number of thioether (sulfide) groups is 1. The molecule has 0 aromatic heterocycles. The molecule has 9 N–H and O–H groups in total. The Hall–Kier alpha value is -2.87. The highest BCUT2D eigenvalue weighted by Crippen LogP contribution is 2.04. The first kappa shape index (κ1) is 29.1. The predicted molar refractivity (Wildman–Crippen MR) is 115 cm³/mol. The fourth-order valence-corrected chi connectivity index (χ4v) is 2.90. The maximum Gasteiger partial charge on any atom is 0.326 e. The molecule has 0 aliphatic heterocycles. The second-order valence-corrected chi connectivity index (χ2v) is 8.00. The van der Waals surface area contributed by atoms with Gasteiger partial charge >= 0.3 is 11.9 Å². The molecule has 4 amide bonds. The van der Waals surface area contributed by atoms with E-state index in [1.807, 2.05) is 6.26 Å². The number of nitrogens with two attached hydrogens (primary N) is 2. The molecular formula is C18H31N5O8S. The third-order valence-corrected chi connectivity index (χ3v) is 4.94. The second-order valence-electron chi connectivity index (χ2n) is 7.02. The molecule has 0 rings (SSSR count). The summed E-state index contributed by atoms with van der Waals surface area (Å²) in [5.41, 5.74) is 10.7. The minimum absolute atomic E-state index is 0.281. The SMILES string of the molecule is CSCCC(N)C(=O)NC(C)C(=O)NC(CCC(=O)O)C(=O)NC(CCC(N)=O)C(=O)O. The van der Waals surface area contributed by atoms with Gasteiger partial charge in [0.15, 0.2) is 0 Å². The molecule has 182 valence electrons. The minimum Gasteiger partial charge on any atom is -0.481 e. The molecule has 4 unspecified atom stereocenters. The van der Waals surface area contributed by atoms with Gasteiger partial charge in [0.25, 0.3) is 0 Å². The minimum atomic E-state index is -1.47. The second kappa shape index (κ2) is 15.0. The van der Waals surface area contributed by atoms with E-state index in [1.54, 1.807) is 0 Å². The van der Waals surface area contributed by atoms with E-state index in [1.165, 1.54) is 18.7 Å². The number of primary amides is 1. The van der Waals surface area contributed by atoms with Gasteiger partial charge in [-0.05, 0) is 38.2 Å². The van der Waals surface area contributed by atoms with E-state index >= 15 is 0 Å². The monoisotopic (exact) mass is 477 g/mol. The van der Waals surface area contributed by atoms with Crippen molar-refractivity contribution in [3.05, 3.63) is 0 Å². The standard InChI is InChI=1S/C18H31N5O8S/c1-9(21-16(28)10(19)7-8-32-2)15(27)22-11(4-6-14(25)26)17(29)23-12(18(30)31)3-5-13(20)24/h9-12H,3-8,19H2,1-2H3,(H2,20,24)(H,21,28)(H,22,27)(H,23,29)(H,25,26)(H,30,31). The van der Waals surface area contributed by atoms with E-state index in [2.05, 4.69) is 16.0 Å². The van der Waals surface area contributed by atoms with Gasteiger partial charge in [-0.15, -0.1) is 0 Å². The molecule has 0 bridgehead atoms. The summed E-state index contributed by atoms with van der Waals surface area (Å²) in [6.45, 7) is 1.35. The molecule has 0 aromatic rings. The quantitative estimate of drug-likeness (QED) is 0.126. The molecule has 0 aliphatic carbocycles. The van der Waals surface area contributed by atoms with E-state index in [0.29, 0.717) is 12.2 Å². The molecule has 14 heteroatoms. The maximum absolute atomic E-state index is 12.5. The van der Waals surface area contributed by atoms with Gasteiger partial charge in [0.1, 0.15) is 18.1 Å². The van der Waals surface area contributed by atoms with Crippen LogP contribution in [0.4, 0.5) is 0 Å². The Bertz CT molecular complexity index is 705. The Kier molecular flexibility index (Phi) is 13.7. The highest BCUT2D eigenvalue weighted by atomic mass is 32.2. The van der Waals surface area contributed by atoms with E-state index < -0.39 is 66.2 Å². The fraction of sp³-hybridized carbons (Fsp3) is 0.667. The summed E-state index contributed by atoms with van der Waals surface area (Å²) in [6, 6.07) is -4.78. The number of hydrogen-bond donors (Lipinski definition) is 7. The van der Waals surface area contributed by atoms with E-state index in [4.69, 9.17) is 16.6 Å². The van der Waals surface area contributed by atoms with Crippen LogP contribution >= 0.6 is 11.8 Å². The van der Waals surface area contributed by atoms with Crippen LogP contribution < -0.4 is 27.4 Å². The van der Waals surface area contributed by atoms with Gasteiger partial charge < -0.3 is 37.6 Å². The van der Waals surface area contributed by atoms with Crippen molar-refractivity contribution in [3.63, 3.8) is 0 Å². The molecule has 0 fully saturated rings. The zero-order valence-electron chi connectivity index (χ0n) is 18.0. The fourth-order valence-electron chi connectivity index (χ4n) is 2.41. The molecule has 0 heterocycles. The van der Waals surface area contributed by atoms with E-state index in [-0.39, 0.29) is 19.3 Å². The van der Waals surface area contributed by atoms with Gasteiger partial charge in [0.2, 0.25) is 23.6 Å². The summed E-state index contributed by atoms with van der Waals surface area (Å²) < 4.78 is 0. The van der Waals surface area contributed by atoms with Gasteiger partial charge in [-0.25, -0.2) is 4.79 Å². The first-order valence-corrected chi connectivity index (χ1v) is 11.2. The summed E-state index contributed by atoms with van der Waals surface area (Å²) >= 11 is 1.50. The Morgan fingerprint density at radius 3 is 1.91 bits per heavy atom. The van der Waals surface area contributed by atoms with Crippen molar-refractivity contribution in [1.29, 1.82) is 0 Å². The normalized spacial score (nSPS) is 14.3. The van der Waals surface area contributed by atoms with Gasteiger partial charge in [-0.2, -0.15) is 11.8 Å². The van der Waals surface area contributed by atoms with Gasteiger partial charge in [-0.1, -0.05) is 0 Å². The van der Waals surface area contributed by atoms with Crippen LogP contribution in [-0.2, 0) is 28.8 Å². The lowest BCUT2D eigenvalue weighted by Gasteiger charge is -2.23.